The van der Waals surface area contributed by atoms with Gasteiger partial charge in [0.2, 0.25) is 0 Å². The van der Waals surface area contributed by atoms with E-state index in [0.29, 0.717) is 0 Å². The van der Waals surface area contributed by atoms with Crippen molar-refractivity contribution in [3.63, 3.8) is 0 Å². The van der Waals surface area contributed by atoms with Gasteiger partial charge in [-0.05, 0) is 6.07 Å². The minimum atomic E-state index is -4.74. The van der Waals surface area contributed by atoms with Gasteiger partial charge in [0, 0.05) is 11.8 Å². The van der Waals surface area contributed by atoms with Gasteiger partial charge in [-0.25, -0.2) is 8.96 Å². The molecule has 2 aromatic rings. The first kappa shape index (κ1) is 12.7. The van der Waals surface area contributed by atoms with Gasteiger partial charge in [0.15, 0.2) is 6.17 Å². The molecule has 0 radical (unpaired) electrons. The van der Waals surface area contributed by atoms with Gasteiger partial charge in [-0.1, -0.05) is 23.4 Å². The van der Waals surface area contributed by atoms with Gasteiger partial charge >= 0.3 is 7.82 Å². The maximum absolute atomic E-state index is 14.1. The van der Waals surface area contributed by atoms with Gasteiger partial charge in [-0.2, -0.15) is 0 Å². The first-order valence-electron chi connectivity index (χ1n) is 4.82. The molecule has 1 unspecified atom stereocenters. The maximum Gasteiger partial charge on any atom is 0.524 e. The molecule has 0 saturated heterocycles. The zero-order chi connectivity index (χ0) is 13.2. The number of H-pyrrole nitrogens is 1. The Balaban J connectivity index is 2.36. The Kier molecular flexibility index (Phi) is 3.42. The zero-order valence-corrected chi connectivity index (χ0v) is 9.79. The Morgan fingerprint density at radius 3 is 2.72 bits per heavy atom. The number of aromatic amines is 1. The van der Waals surface area contributed by atoms with Crippen LogP contribution in [0.1, 0.15) is 17.4 Å². The lowest BCUT2D eigenvalue weighted by Gasteiger charge is -2.13. The first-order valence-corrected chi connectivity index (χ1v) is 6.35. The molecule has 1 aromatic carbocycles. The fourth-order valence-corrected chi connectivity index (χ4v) is 1.82. The number of nitrogens with zero attached hydrogens (tertiary/aromatic N) is 2. The van der Waals surface area contributed by atoms with E-state index < -0.39 is 14.0 Å². The highest BCUT2D eigenvalue weighted by Gasteiger charge is 2.24. The maximum atomic E-state index is 14.1. The molecule has 96 valence electrons. The van der Waals surface area contributed by atoms with Crippen LogP contribution in [0.25, 0.3) is 0 Å². The van der Waals surface area contributed by atoms with Crippen LogP contribution >= 0.6 is 7.82 Å². The number of hydrogen-bond acceptors (Lipinski definition) is 4. The Bertz CT molecular complexity index is 571. The summed E-state index contributed by atoms with van der Waals surface area (Å²) in [6.07, 6.45) is -0.439. The zero-order valence-electron chi connectivity index (χ0n) is 8.89. The number of rotatable bonds is 4. The number of phosphoric acid groups is 1. The number of para-hydroxylation sites is 1. The topological polar surface area (TPSA) is 108 Å². The molecule has 9 heteroatoms. The molecule has 0 bridgehead atoms. The third kappa shape index (κ3) is 2.92. The van der Waals surface area contributed by atoms with E-state index in [0.717, 1.165) is 0 Å². The van der Waals surface area contributed by atoms with Gasteiger partial charge in [-0.15, -0.1) is 5.10 Å². The Morgan fingerprint density at radius 2 is 2.11 bits per heavy atom. The average molecular weight is 273 g/mol. The quantitative estimate of drug-likeness (QED) is 0.725. The number of aromatic nitrogens is 3. The molecule has 2 rings (SSSR count). The predicted octanol–water partition coefficient (Wildman–Crippen LogP) is 1.34. The lowest BCUT2D eigenvalue weighted by Crippen LogP contribution is -2.00. The normalized spacial score (nSPS) is 13.3. The lowest BCUT2D eigenvalue weighted by atomic mass is 10.1. The Labute approximate surface area is 101 Å². The van der Waals surface area contributed by atoms with Crippen molar-refractivity contribution in [1.82, 2.24) is 15.4 Å². The van der Waals surface area contributed by atoms with Crippen molar-refractivity contribution in [2.45, 2.75) is 6.17 Å². The van der Waals surface area contributed by atoms with Crippen LogP contribution in [-0.4, -0.2) is 25.2 Å². The molecular weight excluding hydrogens is 264 g/mol. The molecule has 0 amide bonds. The van der Waals surface area contributed by atoms with Crippen LogP contribution in [0, 0.1) is 0 Å². The fraction of sp³-hybridized carbons (Fsp3) is 0.111. The summed E-state index contributed by atoms with van der Waals surface area (Å²) in [5.74, 6) is -0.235. The summed E-state index contributed by atoms with van der Waals surface area (Å²) < 4.78 is 29.3. The summed E-state index contributed by atoms with van der Waals surface area (Å²) in [5, 5.41) is 9.22. The third-order valence-corrected chi connectivity index (χ3v) is 2.54. The highest BCUT2D eigenvalue weighted by molar-refractivity contribution is 7.46. The van der Waals surface area contributed by atoms with E-state index in [4.69, 9.17) is 9.79 Å². The smallest absolute Gasteiger partial charge is 0.404 e. The van der Waals surface area contributed by atoms with Crippen molar-refractivity contribution in [2.75, 3.05) is 0 Å². The second kappa shape index (κ2) is 4.85. The lowest BCUT2D eigenvalue weighted by molar-refractivity contribution is 0.279. The largest absolute Gasteiger partial charge is 0.524 e. The van der Waals surface area contributed by atoms with Gasteiger partial charge < -0.3 is 4.52 Å². The van der Waals surface area contributed by atoms with Crippen molar-refractivity contribution in [3.8, 4) is 5.75 Å². The van der Waals surface area contributed by atoms with E-state index in [9.17, 15) is 8.96 Å². The van der Waals surface area contributed by atoms with Gasteiger partial charge in [0.25, 0.3) is 0 Å². The fourth-order valence-electron chi connectivity index (χ4n) is 1.39. The van der Waals surface area contributed by atoms with Crippen LogP contribution < -0.4 is 4.52 Å². The number of halogens is 1. The molecule has 7 nitrogen and oxygen atoms in total. The molecule has 18 heavy (non-hydrogen) atoms. The van der Waals surface area contributed by atoms with E-state index in [2.05, 4.69) is 19.9 Å². The summed E-state index contributed by atoms with van der Waals surface area (Å²) in [6, 6.07) is 5.62. The standard InChI is InChI=1S/C9H9FN3O4P/c10-9(7-5-11-13-12-7)6-3-1-2-4-8(6)17-18(14,15)16/h1-5,9H,(H,11,12,13)(H2,14,15,16). The van der Waals surface area contributed by atoms with E-state index in [1.165, 1.54) is 30.5 Å². The van der Waals surface area contributed by atoms with Crippen molar-refractivity contribution in [3.05, 3.63) is 41.7 Å². The molecule has 0 aliphatic heterocycles. The summed E-state index contributed by atoms with van der Waals surface area (Å²) >= 11 is 0. The SMILES string of the molecule is O=P(O)(O)Oc1ccccc1C(F)c1c[nH]nn1. The van der Waals surface area contributed by atoms with Crippen molar-refractivity contribution >= 4 is 7.82 Å². The first-order chi connectivity index (χ1) is 8.47. The summed E-state index contributed by atoms with van der Waals surface area (Å²) in [4.78, 5) is 17.5. The second-order valence-electron chi connectivity index (χ2n) is 3.38. The minimum absolute atomic E-state index is 0.00300. The number of benzene rings is 1. The Hall–Kier alpha value is -1.76. The molecule has 0 aliphatic carbocycles. The van der Waals surface area contributed by atoms with Crippen molar-refractivity contribution in [2.24, 2.45) is 0 Å². The van der Waals surface area contributed by atoms with Crippen LogP contribution in [0.5, 0.6) is 5.75 Å². The van der Waals surface area contributed by atoms with E-state index in [1.807, 2.05) is 0 Å². The number of phosphoric ester groups is 1. The van der Waals surface area contributed by atoms with Crippen LogP contribution in [0.4, 0.5) is 4.39 Å². The average Bonchev–Trinajstić information content (AvgIpc) is 2.80. The van der Waals surface area contributed by atoms with E-state index >= 15 is 0 Å². The van der Waals surface area contributed by atoms with Gasteiger partial charge in [-0.3, -0.25) is 14.9 Å². The molecule has 1 aromatic heterocycles. The highest BCUT2D eigenvalue weighted by atomic mass is 31.2. The highest BCUT2D eigenvalue weighted by Crippen LogP contribution is 2.42. The Morgan fingerprint density at radius 1 is 1.39 bits per heavy atom. The van der Waals surface area contributed by atoms with Gasteiger partial charge in [0.1, 0.15) is 11.4 Å². The monoisotopic (exact) mass is 273 g/mol. The summed E-state index contributed by atoms with van der Waals surface area (Å²) in [5.41, 5.74) is -0.0357. The molecular formula is C9H9FN3O4P. The predicted molar refractivity (Wildman–Crippen MR) is 58.4 cm³/mol. The molecule has 0 saturated carbocycles. The summed E-state index contributed by atoms with van der Waals surface area (Å²) in [6.45, 7) is 0. The molecule has 0 fully saturated rings. The number of hydrogen-bond donors (Lipinski definition) is 3. The summed E-state index contributed by atoms with van der Waals surface area (Å²) in [7, 11) is -4.74. The van der Waals surface area contributed by atoms with Crippen molar-refractivity contribution < 1.29 is 23.3 Å². The van der Waals surface area contributed by atoms with Crippen LogP contribution in [0.15, 0.2) is 30.5 Å². The van der Waals surface area contributed by atoms with Crippen LogP contribution in [-0.2, 0) is 4.57 Å². The number of alkyl halides is 1. The molecule has 1 heterocycles. The minimum Gasteiger partial charge on any atom is -0.404 e. The van der Waals surface area contributed by atoms with Crippen molar-refractivity contribution in [1.29, 1.82) is 0 Å². The second-order valence-corrected chi connectivity index (χ2v) is 4.54. The van der Waals surface area contributed by atoms with E-state index in [-0.39, 0.29) is 17.0 Å². The third-order valence-electron chi connectivity index (χ3n) is 2.10. The van der Waals surface area contributed by atoms with Crippen LogP contribution in [0.2, 0.25) is 0 Å². The van der Waals surface area contributed by atoms with Gasteiger partial charge in [0.05, 0.1) is 0 Å². The molecule has 0 spiro atoms. The molecule has 3 N–H and O–H groups in total. The molecule has 1 atom stereocenters. The number of nitrogens with one attached hydrogen (secondary N) is 1. The molecule has 0 aliphatic rings. The van der Waals surface area contributed by atoms with E-state index in [1.54, 1.807) is 0 Å². The van der Waals surface area contributed by atoms with Crippen LogP contribution in [0.3, 0.4) is 0 Å².